The number of hydrogen-bond acceptors (Lipinski definition) is 2. The number of hydrogen-bond donors (Lipinski definition) is 0. The maximum absolute atomic E-state index is 12.0. The van der Waals surface area contributed by atoms with Crippen molar-refractivity contribution >= 4 is 6.09 Å². The molecule has 1 aromatic rings. The number of nitrogens with zero attached hydrogens (tertiary/aromatic N) is 1. The van der Waals surface area contributed by atoms with Crippen molar-refractivity contribution in [2.45, 2.75) is 60.1 Å². The van der Waals surface area contributed by atoms with Gasteiger partial charge in [-0.3, -0.25) is 0 Å². The molecule has 1 amide bonds. The van der Waals surface area contributed by atoms with Crippen molar-refractivity contribution < 1.29 is 9.53 Å². The second-order valence-electron chi connectivity index (χ2n) is 5.78. The normalized spacial score (nSPS) is 17.7. The zero-order valence-corrected chi connectivity index (χ0v) is 15.7. The van der Waals surface area contributed by atoms with Crippen LogP contribution in [0.3, 0.4) is 0 Å². The Morgan fingerprint density at radius 2 is 1.96 bits per heavy atom. The van der Waals surface area contributed by atoms with Crippen molar-refractivity contribution in [3.63, 3.8) is 0 Å². The monoisotopic (exact) mass is 329 g/mol. The number of carbonyl (C=O) groups excluding carboxylic acids is 1. The summed E-state index contributed by atoms with van der Waals surface area (Å²) < 4.78 is 5.50. The van der Waals surface area contributed by atoms with Gasteiger partial charge in [-0.15, -0.1) is 0 Å². The van der Waals surface area contributed by atoms with Gasteiger partial charge < -0.3 is 9.64 Å². The van der Waals surface area contributed by atoms with Crippen LogP contribution in [0.15, 0.2) is 48.1 Å². The minimum Gasteiger partial charge on any atom is -0.444 e. The van der Waals surface area contributed by atoms with Crippen LogP contribution in [-0.2, 0) is 11.3 Å². The zero-order chi connectivity index (χ0) is 17.9. The number of allylic oxidation sites excluding steroid dienone is 3. The molecule has 0 bridgehead atoms. The lowest BCUT2D eigenvalue weighted by Gasteiger charge is -2.13. The topological polar surface area (TPSA) is 29.5 Å². The Bertz CT molecular complexity index is 558. The summed E-state index contributed by atoms with van der Waals surface area (Å²) in [5, 5.41) is 0. The van der Waals surface area contributed by atoms with Crippen molar-refractivity contribution in [2.75, 3.05) is 6.54 Å². The highest BCUT2D eigenvalue weighted by atomic mass is 16.6. The smallest absolute Gasteiger partial charge is 0.410 e. The van der Waals surface area contributed by atoms with Gasteiger partial charge in [-0.2, -0.15) is 0 Å². The lowest BCUT2D eigenvalue weighted by Crippen LogP contribution is -2.24. The first kappa shape index (κ1) is 20.0. The number of aryl methyl sites for hydroxylation is 1. The van der Waals surface area contributed by atoms with Gasteiger partial charge in [0, 0.05) is 13.0 Å². The molecule has 1 atom stereocenters. The molecule has 24 heavy (non-hydrogen) atoms. The SMILES string of the molecule is C/C=C\C=C(/CC)CC1CN(Cc2ccc(C)cc2)C(=O)O1.CC. The van der Waals surface area contributed by atoms with E-state index < -0.39 is 0 Å². The number of amides is 1. The van der Waals surface area contributed by atoms with Gasteiger partial charge in [0.05, 0.1) is 6.54 Å². The Morgan fingerprint density at radius 3 is 2.54 bits per heavy atom. The second-order valence-corrected chi connectivity index (χ2v) is 5.78. The molecule has 1 aliphatic rings. The van der Waals surface area contributed by atoms with Gasteiger partial charge in [-0.05, 0) is 25.8 Å². The Labute approximate surface area is 147 Å². The first-order valence-corrected chi connectivity index (χ1v) is 8.94. The van der Waals surface area contributed by atoms with Crippen molar-refractivity contribution in [3.05, 3.63) is 59.2 Å². The highest BCUT2D eigenvalue weighted by Gasteiger charge is 2.31. The molecule has 0 aliphatic carbocycles. The van der Waals surface area contributed by atoms with Crippen LogP contribution in [0.5, 0.6) is 0 Å². The summed E-state index contributed by atoms with van der Waals surface area (Å²) in [4.78, 5) is 13.8. The molecular formula is C21H31NO2. The summed E-state index contributed by atoms with van der Waals surface area (Å²) in [6.07, 6.45) is 7.74. The van der Waals surface area contributed by atoms with Gasteiger partial charge in [-0.1, -0.05) is 74.4 Å². The largest absolute Gasteiger partial charge is 0.444 e. The quantitative estimate of drug-likeness (QED) is 0.632. The van der Waals surface area contributed by atoms with Gasteiger partial charge in [0.25, 0.3) is 0 Å². The van der Waals surface area contributed by atoms with Crippen molar-refractivity contribution in [2.24, 2.45) is 0 Å². The fourth-order valence-electron chi connectivity index (χ4n) is 2.58. The van der Waals surface area contributed by atoms with E-state index in [0.717, 1.165) is 18.4 Å². The Hall–Kier alpha value is -2.03. The number of cyclic esters (lactones) is 1. The summed E-state index contributed by atoms with van der Waals surface area (Å²) in [6.45, 7) is 11.5. The third-order valence-corrected chi connectivity index (χ3v) is 3.91. The fourth-order valence-corrected chi connectivity index (χ4v) is 2.58. The van der Waals surface area contributed by atoms with Crippen LogP contribution in [0.1, 0.15) is 51.7 Å². The predicted octanol–water partition coefficient (Wildman–Crippen LogP) is 5.64. The van der Waals surface area contributed by atoms with Gasteiger partial charge in [0.1, 0.15) is 6.10 Å². The van der Waals surface area contributed by atoms with Gasteiger partial charge in [0.2, 0.25) is 0 Å². The van der Waals surface area contributed by atoms with Crippen LogP contribution in [0, 0.1) is 6.92 Å². The first-order chi connectivity index (χ1) is 11.6. The molecule has 0 spiro atoms. The van der Waals surface area contributed by atoms with E-state index in [2.05, 4.69) is 44.2 Å². The maximum Gasteiger partial charge on any atom is 0.410 e. The number of rotatable bonds is 6. The standard InChI is InChI=1S/C19H25NO2.C2H6/c1-4-6-7-16(5-2)12-18-14-20(19(21)22-18)13-17-10-8-15(3)9-11-17;1-2/h4,6-11,18H,5,12-14H2,1-3H3;1-2H3/b6-4-,16-7+;. The molecular weight excluding hydrogens is 298 g/mol. The van der Waals surface area contributed by atoms with Gasteiger partial charge >= 0.3 is 6.09 Å². The molecule has 2 rings (SSSR count). The Morgan fingerprint density at radius 1 is 1.29 bits per heavy atom. The minimum atomic E-state index is -0.202. The van der Waals surface area contributed by atoms with E-state index in [1.807, 2.05) is 32.9 Å². The van der Waals surface area contributed by atoms with Gasteiger partial charge in [0.15, 0.2) is 0 Å². The summed E-state index contributed by atoms with van der Waals surface area (Å²) >= 11 is 0. The highest BCUT2D eigenvalue weighted by Crippen LogP contribution is 2.21. The van der Waals surface area contributed by atoms with Crippen molar-refractivity contribution in [1.29, 1.82) is 0 Å². The summed E-state index contributed by atoms with van der Waals surface area (Å²) in [5.74, 6) is 0. The van der Waals surface area contributed by atoms with Crippen LogP contribution >= 0.6 is 0 Å². The van der Waals surface area contributed by atoms with Crippen LogP contribution in [0.2, 0.25) is 0 Å². The third-order valence-electron chi connectivity index (χ3n) is 3.91. The predicted molar refractivity (Wildman–Crippen MR) is 101 cm³/mol. The van der Waals surface area contributed by atoms with E-state index in [0.29, 0.717) is 13.1 Å². The first-order valence-electron chi connectivity index (χ1n) is 8.94. The summed E-state index contributed by atoms with van der Waals surface area (Å²) in [6, 6.07) is 8.28. The van der Waals surface area contributed by atoms with Crippen molar-refractivity contribution in [3.8, 4) is 0 Å². The lowest BCUT2D eigenvalue weighted by atomic mass is 10.0. The molecule has 1 fully saturated rings. The molecule has 0 N–H and O–H groups in total. The number of carbonyl (C=O) groups is 1. The fraction of sp³-hybridized carbons (Fsp3) is 0.476. The average molecular weight is 329 g/mol. The molecule has 132 valence electrons. The van der Waals surface area contributed by atoms with Crippen LogP contribution in [-0.4, -0.2) is 23.6 Å². The Balaban J connectivity index is 0.00000139. The maximum atomic E-state index is 12.0. The minimum absolute atomic E-state index is 0.0330. The number of ether oxygens (including phenoxy) is 1. The zero-order valence-electron chi connectivity index (χ0n) is 15.7. The second kappa shape index (κ2) is 10.7. The average Bonchev–Trinajstić information content (AvgIpc) is 2.94. The van der Waals surface area contributed by atoms with E-state index >= 15 is 0 Å². The van der Waals surface area contributed by atoms with Crippen LogP contribution in [0.4, 0.5) is 4.79 Å². The Kier molecular flexibility index (Phi) is 8.92. The molecule has 1 saturated heterocycles. The highest BCUT2D eigenvalue weighted by molar-refractivity contribution is 5.70. The third kappa shape index (κ3) is 6.23. The molecule has 3 nitrogen and oxygen atoms in total. The van der Waals surface area contributed by atoms with Crippen LogP contribution < -0.4 is 0 Å². The number of benzene rings is 1. The van der Waals surface area contributed by atoms with Gasteiger partial charge in [-0.25, -0.2) is 4.79 Å². The molecule has 1 unspecified atom stereocenters. The molecule has 3 heteroatoms. The molecule has 1 heterocycles. The van der Waals surface area contributed by atoms with E-state index in [9.17, 15) is 4.79 Å². The molecule has 0 aromatic heterocycles. The van der Waals surface area contributed by atoms with E-state index in [1.54, 1.807) is 4.90 Å². The lowest BCUT2D eigenvalue weighted by molar-refractivity contribution is 0.131. The van der Waals surface area contributed by atoms with E-state index in [-0.39, 0.29) is 12.2 Å². The van der Waals surface area contributed by atoms with E-state index in [1.165, 1.54) is 11.1 Å². The molecule has 1 aliphatic heterocycles. The van der Waals surface area contributed by atoms with Crippen molar-refractivity contribution in [1.82, 2.24) is 4.90 Å². The molecule has 1 aromatic carbocycles. The van der Waals surface area contributed by atoms with Crippen LogP contribution in [0.25, 0.3) is 0 Å². The molecule has 0 saturated carbocycles. The van der Waals surface area contributed by atoms with E-state index in [4.69, 9.17) is 4.74 Å². The molecule has 0 radical (unpaired) electrons. The summed E-state index contributed by atoms with van der Waals surface area (Å²) in [7, 11) is 0. The summed E-state index contributed by atoms with van der Waals surface area (Å²) in [5.41, 5.74) is 3.68.